The van der Waals surface area contributed by atoms with Gasteiger partial charge in [-0.15, -0.1) is 0 Å². The maximum absolute atomic E-state index is 13.2. The molecule has 0 saturated carbocycles. The number of nitrogens with zero attached hydrogens (tertiary/aromatic N) is 2. The van der Waals surface area contributed by atoms with Crippen LogP contribution >= 0.6 is 0 Å². The summed E-state index contributed by atoms with van der Waals surface area (Å²) >= 11 is 0. The molecule has 0 spiro atoms. The Kier molecular flexibility index (Phi) is 7.59. The van der Waals surface area contributed by atoms with Gasteiger partial charge in [0, 0.05) is 13.1 Å². The molecule has 2 aromatic carbocycles. The van der Waals surface area contributed by atoms with Crippen LogP contribution in [-0.2, 0) is 24.8 Å². The van der Waals surface area contributed by atoms with Gasteiger partial charge in [-0.2, -0.15) is 4.31 Å². The van der Waals surface area contributed by atoms with Gasteiger partial charge in [-0.25, -0.2) is 16.8 Å². The van der Waals surface area contributed by atoms with Crippen molar-refractivity contribution in [1.82, 2.24) is 4.31 Å². The third-order valence-corrected chi connectivity index (χ3v) is 8.94. The molecule has 2 aromatic rings. The highest BCUT2D eigenvalue weighted by molar-refractivity contribution is 7.92. The molecule has 1 atom stereocenters. The maximum atomic E-state index is 13.2. The van der Waals surface area contributed by atoms with Crippen molar-refractivity contribution >= 4 is 37.3 Å². The molecule has 0 aromatic heterocycles. The summed E-state index contributed by atoms with van der Waals surface area (Å²) in [5.41, 5.74) is 2.10. The Morgan fingerprint density at radius 1 is 1.06 bits per heavy atom. The largest absolute Gasteiger partial charge is 0.495 e. The van der Waals surface area contributed by atoms with E-state index in [0.29, 0.717) is 24.3 Å². The maximum Gasteiger partial charge on any atom is 0.248 e. The third kappa shape index (κ3) is 5.37. The smallest absolute Gasteiger partial charge is 0.248 e. The zero-order chi connectivity index (χ0) is 25.3. The lowest BCUT2D eigenvalue weighted by atomic mass is 10.1. The van der Waals surface area contributed by atoms with E-state index in [2.05, 4.69) is 5.32 Å². The number of hydrogen-bond donors (Lipinski definition) is 1. The molecule has 1 amide bonds. The number of carbonyl (C=O) groups excluding carboxylic acids is 1. The Morgan fingerprint density at radius 2 is 1.71 bits per heavy atom. The number of sulfonamides is 2. The first-order valence-electron chi connectivity index (χ1n) is 10.9. The first-order chi connectivity index (χ1) is 15.9. The van der Waals surface area contributed by atoms with Gasteiger partial charge in [0.2, 0.25) is 26.0 Å². The van der Waals surface area contributed by atoms with Gasteiger partial charge in [-0.05, 0) is 69.0 Å². The zero-order valence-electron chi connectivity index (χ0n) is 20.0. The number of carbonyl (C=O) groups is 1. The summed E-state index contributed by atoms with van der Waals surface area (Å²) in [5.74, 6) is -0.362. The van der Waals surface area contributed by atoms with E-state index in [1.54, 1.807) is 19.1 Å². The number of rotatable bonds is 8. The number of hydrogen-bond acceptors (Lipinski definition) is 6. The van der Waals surface area contributed by atoms with Crippen LogP contribution in [-0.4, -0.2) is 59.5 Å². The number of methoxy groups -OCH3 is 1. The van der Waals surface area contributed by atoms with Crippen LogP contribution in [0.2, 0.25) is 0 Å². The SMILES string of the molecule is COc1ccc(S(=O)(=O)N2CCCC2)cc1NC(=O)C(C)N(c1cc(C)ccc1C)S(C)(=O)=O. The van der Waals surface area contributed by atoms with Crippen LogP contribution in [0.4, 0.5) is 11.4 Å². The van der Waals surface area contributed by atoms with Gasteiger partial charge < -0.3 is 10.1 Å². The van der Waals surface area contributed by atoms with Crippen molar-refractivity contribution in [3.05, 3.63) is 47.5 Å². The van der Waals surface area contributed by atoms with E-state index in [-0.39, 0.29) is 16.3 Å². The topological polar surface area (TPSA) is 113 Å². The van der Waals surface area contributed by atoms with Crippen LogP contribution in [0, 0.1) is 13.8 Å². The van der Waals surface area contributed by atoms with E-state index in [4.69, 9.17) is 4.74 Å². The van der Waals surface area contributed by atoms with Crippen LogP contribution in [0.3, 0.4) is 0 Å². The molecule has 1 heterocycles. The average molecular weight is 510 g/mol. The number of nitrogens with one attached hydrogen (secondary N) is 1. The Hall–Kier alpha value is -2.63. The van der Waals surface area contributed by atoms with Gasteiger partial charge in [0.25, 0.3) is 0 Å². The average Bonchev–Trinajstić information content (AvgIpc) is 3.31. The minimum absolute atomic E-state index is 0.0349. The summed E-state index contributed by atoms with van der Waals surface area (Å²) in [4.78, 5) is 13.3. The van der Waals surface area contributed by atoms with Gasteiger partial charge >= 0.3 is 0 Å². The van der Waals surface area contributed by atoms with Crippen molar-refractivity contribution in [2.24, 2.45) is 0 Å². The van der Waals surface area contributed by atoms with Crippen LogP contribution < -0.4 is 14.4 Å². The lowest BCUT2D eigenvalue weighted by Gasteiger charge is -2.30. The molecular formula is C23H31N3O6S2. The fourth-order valence-electron chi connectivity index (χ4n) is 4.00. The Bertz CT molecular complexity index is 1290. The number of ether oxygens (including phenoxy) is 1. The minimum atomic E-state index is -3.81. The van der Waals surface area contributed by atoms with Crippen LogP contribution in [0.25, 0.3) is 0 Å². The lowest BCUT2D eigenvalue weighted by Crippen LogP contribution is -2.45. The summed E-state index contributed by atoms with van der Waals surface area (Å²) in [6.45, 7) is 5.99. The van der Waals surface area contributed by atoms with Crippen LogP contribution in [0.1, 0.15) is 30.9 Å². The van der Waals surface area contributed by atoms with E-state index in [1.165, 1.54) is 36.5 Å². The fraction of sp³-hybridized carbons (Fsp3) is 0.435. The van der Waals surface area contributed by atoms with E-state index in [9.17, 15) is 21.6 Å². The molecule has 1 N–H and O–H groups in total. The van der Waals surface area contributed by atoms with Gasteiger partial charge in [-0.3, -0.25) is 9.10 Å². The molecule has 1 aliphatic rings. The number of amides is 1. The predicted octanol–water partition coefficient (Wildman–Crippen LogP) is 2.89. The lowest BCUT2D eigenvalue weighted by molar-refractivity contribution is -0.116. The second-order valence-electron chi connectivity index (χ2n) is 8.49. The number of benzene rings is 2. The van der Waals surface area contributed by atoms with E-state index >= 15 is 0 Å². The molecule has 0 aliphatic carbocycles. The summed E-state index contributed by atoms with van der Waals surface area (Å²) in [7, 11) is -6.12. The van der Waals surface area contributed by atoms with Crippen molar-refractivity contribution < 1.29 is 26.4 Å². The highest BCUT2D eigenvalue weighted by Gasteiger charge is 2.32. The molecule has 1 aliphatic heterocycles. The second-order valence-corrected chi connectivity index (χ2v) is 12.3. The zero-order valence-corrected chi connectivity index (χ0v) is 21.7. The van der Waals surface area contributed by atoms with Crippen molar-refractivity contribution in [2.45, 2.75) is 44.6 Å². The Morgan fingerprint density at radius 3 is 2.29 bits per heavy atom. The Balaban J connectivity index is 1.96. The standard InChI is InChI=1S/C23H31N3O6S2/c1-16-8-9-17(2)21(14-16)26(33(5,28)29)18(3)23(27)24-20-15-19(10-11-22(20)32-4)34(30,31)25-12-6-7-13-25/h8-11,14-15,18H,6-7,12-13H2,1-5H3,(H,24,27). The molecule has 1 fully saturated rings. The van der Waals surface area contributed by atoms with Gasteiger partial charge in [0.15, 0.2) is 0 Å². The molecule has 9 nitrogen and oxygen atoms in total. The second kappa shape index (κ2) is 9.93. The van der Waals surface area contributed by atoms with Gasteiger partial charge in [0.1, 0.15) is 11.8 Å². The summed E-state index contributed by atoms with van der Waals surface area (Å²) in [6, 6.07) is 8.51. The monoisotopic (exact) mass is 509 g/mol. The molecule has 3 rings (SSSR count). The molecule has 34 heavy (non-hydrogen) atoms. The molecule has 0 radical (unpaired) electrons. The predicted molar refractivity (Wildman–Crippen MR) is 132 cm³/mol. The van der Waals surface area contributed by atoms with Crippen LogP contribution in [0.5, 0.6) is 5.75 Å². The normalized spacial score (nSPS) is 15.7. The van der Waals surface area contributed by atoms with Gasteiger partial charge in [-0.1, -0.05) is 12.1 Å². The highest BCUT2D eigenvalue weighted by Crippen LogP contribution is 2.31. The minimum Gasteiger partial charge on any atom is -0.495 e. The van der Waals surface area contributed by atoms with Crippen molar-refractivity contribution in [2.75, 3.05) is 36.1 Å². The van der Waals surface area contributed by atoms with E-state index < -0.39 is 32.0 Å². The molecule has 1 saturated heterocycles. The first kappa shape index (κ1) is 26.0. The summed E-state index contributed by atoms with van der Waals surface area (Å²) in [6.07, 6.45) is 2.65. The molecule has 1 unspecified atom stereocenters. The van der Waals surface area contributed by atoms with Crippen molar-refractivity contribution in [1.29, 1.82) is 0 Å². The van der Waals surface area contributed by atoms with Crippen molar-refractivity contribution in [3.8, 4) is 5.75 Å². The van der Waals surface area contributed by atoms with E-state index in [0.717, 1.165) is 29.0 Å². The molecule has 11 heteroatoms. The molecular weight excluding hydrogens is 478 g/mol. The number of anilines is 2. The van der Waals surface area contributed by atoms with E-state index in [1.807, 2.05) is 13.0 Å². The van der Waals surface area contributed by atoms with Crippen molar-refractivity contribution in [3.63, 3.8) is 0 Å². The molecule has 186 valence electrons. The molecule has 0 bridgehead atoms. The Labute approximate surface area is 201 Å². The quantitative estimate of drug-likeness (QED) is 0.586. The third-order valence-electron chi connectivity index (χ3n) is 5.82. The summed E-state index contributed by atoms with van der Waals surface area (Å²) in [5, 5.41) is 2.67. The van der Waals surface area contributed by atoms with Gasteiger partial charge in [0.05, 0.1) is 29.6 Å². The number of aryl methyl sites for hydroxylation is 2. The fourth-order valence-corrected chi connectivity index (χ4v) is 6.77. The highest BCUT2D eigenvalue weighted by atomic mass is 32.2. The van der Waals surface area contributed by atoms with Crippen LogP contribution in [0.15, 0.2) is 41.3 Å². The first-order valence-corrected chi connectivity index (χ1v) is 14.2. The summed E-state index contributed by atoms with van der Waals surface area (Å²) < 4.78 is 59.1.